The maximum Gasteiger partial charge on any atom is 0.130 e. The van der Waals surface area contributed by atoms with Crippen molar-refractivity contribution in [3.8, 4) is 0 Å². The molecule has 0 saturated carbocycles. The van der Waals surface area contributed by atoms with Crippen LogP contribution in [0.15, 0.2) is 90.5 Å². The van der Waals surface area contributed by atoms with E-state index in [1.54, 1.807) is 5.54 Å². The van der Waals surface area contributed by atoms with Crippen molar-refractivity contribution < 1.29 is 0 Å². The van der Waals surface area contributed by atoms with Gasteiger partial charge < -0.3 is 0 Å². The van der Waals surface area contributed by atoms with Gasteiger partial charge in [-0.15, -0.1) is 0 Å². The van der Waals surface area contributed by atoms with Gasteiger partial charge in [-0.1, -0.05) is 113 Å². The third-order valence-electron chi connectivity index (χ3n) is 5.20. The van der Waals surface area contributed by atoms with Crippen LogP contribution in [0.2, 0.25) is 6.55 Å². The van der Waals surface area contributed by atoms with Gasteiger partial charge in [0.1, 0.15) is 8.07 Å². The number of allylic oxidation sites excluding steroid dienone is 1. The van der Waals surface area contributed by atoms with Crippen molar-refractivity contribution in [2.75, 3.05) is 0 Å². The summed E-state index contributed by atoms with van der Waals surface area (Å²) in [5.74, 6) is 0. The largest absolute Gasteiger partial charge is 0.130 e. The van der Waals surface area contributed by atoms with Crippen LogP contribution in [-0.2, 0) is 0 Å². The molecule has 0 unspecified atom stereocenters. The second-order valence-electron chi connectivity index (χ2n) is 6.65. The fraction of sp³-hybridized carbons (Fsp3) is 0.0870. The molecule has 24 heavy (non-hydrogen) atoms. The molecule has 0 atom stereocenters. The monoisotopic (exact) mass is 325 g/mol. The minimum atomic E-state index is -2.03. The van der Waals surface area contributed by atoms with E-state index in [4.69, 9.17) is 0 Å². The van der Waals surface area contributed by atoms with Gasteiger partial charge in [0.05, 0.1) is 0 Å². The summed E-state index contributed by atoms with van der Waals surface area (Å²) >= 11 is 0. The van der Waals surface area contributed by atoms with Crippen LogP contribution < -0.4 is 10.4 Å². The molecule has 1 aliphatic carbocycles. The minimum Gasteiger partial charge on any atom is -0.0632 e. The van der Waals surface area contributed by atoms with Gasteiger partial charge in [0.2, 0.25) is 0 Å². The second-order valence-corrected chi connectivity index (χ2v) is 10.6. The molecule has 117 valence electrons. The lowest BCUT2D eigenvalue weighted by Gasteiger charge is -2.36. The molecule has 0 N–H and O–H groups in total. The first kappa shape index (κ1) is 15.2. The Morgan fingerprint density at radius 1 is 0.625 bits per heavy atom. The summed E-state index contributed by atoms with van der Waals surface area (Å²) in [6, 6.07) is 30.9. The molecule has 0 heterocycles. The molecule has 0 aromatic heterocycles. The standard InChI is InChI=1S/C23H21Si/c1-18-17-19-11-9-10-16-22(19)23(18)24(2,20-12-5-3-6-13-20)21-14-7-4-8-15-21/h3-17H,1-2H3. The Bertz CT molecular complexity index is 839. The Balaban J connectivity index is 1.97. The molecule has 0 nitrogen and oxygen atoms in total. The Kier molecular flexibility index (Phi) is 3.74. The van der Waals surface area contributed by atoms with Crippen LogP contribution in [-0.4, -0.2) is 8.07 Å². The van der Waals surface area contributed by atoms with Gasteiger partial charge in [-0.05, 0) is 18.1 Å². The summed E-state index contributed by atoms with van der Waals surface area (Å²) in [6.45, 7) is 4.76. The summed E-state index contributed by atoms with van der Waals surface area (Å²) in [6.07, 6.45) is 2.35. The van der Waals surface area contributed by atoms with Crippen LogP contribution in [0.3, 0.4) is 0 Å². The summed E-state index contributed by atoms with van der Waals surface area (Å²) in [5.41, 5.74) is 5.74. The van der Waals surface area contributed by atoms with Crippen molar-refractivity contribution in [2.24, 2.45) is 0 Å². The first-order valence-corrected chi connectivity index (χ1v) is 11.0. The summed E-state index contributed by atoms with van der Waals surface area (Å²) in [5, 5.41) is 2.94. The van der Waals surface area contributed by atoms with E-state index in [9.17, 15) is 0 Å². The van der Waals surface area contributed by atoms with E-state index in [0.29, 0.717) is 0 Å². The molecular formula is C23H21Si. The molecule has 3 aromatic carbocycles. The van der Waals surface area contributed by atoms with Crippen molar-refractivity contribution in [1.29, 1.82) is 0 Å². The molecule has 1 radical (unpaired) electrons. The van der Waals surface area contributed by atoms with Crippen LogP contribution in [0, 0.1) is 5.54 Å². The van der Waals surface area contributed by atoms with Crippen LogP contribution in [0.5, 0.6) is 0 Å². The fourth-order valence-electron chi connectivity index (χ4n) is 4.03. The average Bonchev–Trinajstić information content (AvgIpc) is 2.99. The molecular weight excluding hydrogens is 304 g/mol. The molecule has 0 spiro atoms. The molecule has 0 saturated heterocycles. The van der Waals surface area contributed by atoms with Gasteiger partial charge in [-0.2, -0.15) is 0 Å². The third kappa shape index (κ3) is 2.28. The highest BCUT2D eigenvalue weighted by molar-refractivity contribution is 7.06. The lowest BCUT2D eigenvalue weighted by Crippen LogP contribution is -2.60. The smallest absolute Gasteiger partial charge is 0.0632 e. The molecule has 3 aromatic rings. The number of hydrogen-bond acceptors (Lipinski definition) is 0. The van der Waals surface area contributed by atoms with Gasteiger partial charge in [0.15, 0.2) is 0 Å². The average molecular weight is 326 g/mol. The van der Waals surface area contributed by atoms with Gasteiger partial charge in [0, 0.05) is 5.54 Å². The highest BCUT2D eigenvalue weighted by atomic mass is 28.3. The van der Waals surface area contributed by atoms with E-state index in [-0.39, 0.29) is 0 Å². The van der Waals surface area contributed by atoms with Gasteiger partial charge in [-0.3, -0.25) is 0 Å². The zero-order valence-corrected chi connectivity index (χ0v) is 15.2. The Morgan fingerprint density at radius 2 is 1.12 bits per heavy atom. The maximum atomic E-state index is 2.49. The SMILES string of the molecule is CC1=Cc2ccccc2[C]1[Si](C)(c1ccccc1)c1ccccc1. The zero-order chi connectivity index (χ0) is 16.6. The number of fused-ring (bicyclic) bond motifs is 1. The van der Waals surface area contributed by atoms with Crippen molar-refractivity contribution in [3.63, 3.8) is 0 Å². The number of rotatable bonds is 3. The lowest BCUT2D eigenvalue weighted by molar-refractivity contribution is 1.34. The van der Waals surface area contributed by atoms with Crippen molar-refractivity contribution in [2.45, 2.75) is 13.5 Å². The van der Waals surface area contributed by atoms with E-state index in [0.717, 1.165) is 0 Å². The van der Waals surface area contributed by atoms with Gasteiger partial charge in [0.25, 0.3) is 0 Å². The predicted octanol–water partition coefficient (Wildman–Crippen LogP) is 4.46. The van der Waals surface area contributed by atoms with Crippen LogP contribution in [0.25, 0.3) is 6.08 Å². The minimum absolute atomic E-state index is 1.36. The summed E-state index contributed by atoms with van der Waals surface area (Å²) in [7, 11) is -2.03. The third-order valence-corrected chi connectivity index (χ3v) is 9.84. The fourth-order valence-corrected chi connectivity index (χ4v) is 8.29. The quantitative estimate of drug-likeness (QED) is 0.624. The lowest BCUT2D eigenvalue weighted by atomic mass is 10.1. The second kappa shape index (κ2) is 5.92. The molecule has 0 aliphatic heterocycles. The highest BCUT2D eigenvalue weighted by Gasteiger charge is 2.44. The van der Waals surface area contributed by atoms with Gasteiger partial charge in [-0.25, -0.2) is 0 Å². The van der Waals surface area contributed by atoms with Gasteiger partial charge >= 0.3 is 0 Å². The molecule has 0 amide bonds. The molecule has 4 rings (SSSR count). The Hall–Kier alpha value is -2.38. The van der Waals surface area contributed by atoms with E-state index in [1.165, 1.54) is 27.1 Å². The molecule has 0 fully saturated rings. The van der Waals surface area contributed by atoms with E-state index in [2.05, 4.69) is 104 Å². The first-order valence-electron chi connectivity index (χ1n) is 8.48. The number of hydrogen-bond donors (Lipinski definition) is 0. The Morgan fingerprint density at radius 3 is 1.71 bits per heavy atom. The van der Waals surface area contributed by atoms with Crippen LogP contribution in [0.4, 0.5) is 0 Å². The predicted molar refractivity (Wildman–Crippen MR) is 106 cm³/mol. The zero-order valence-electron chi connectivity index (χ0n) is 14.2. The van der Waals surface area contributed by atoms with Crippen molar-refractivity contribution >= 4 is 24.5 Å². The summed E-state index contributed by atoms with van der Waals surface area (Å²) in [4.78, 5) is 0. The number of benzene rings is 3. The Labute approximate surface area is 145 Å². The summed E-state index contributed by atoms with van der Waals surface area (Å²) < 4.78 is 0. The van der Waals surface area contributed by atoms with Crippen molar-refractivity contribution in [1.82, 2.24) is 0 Å². The van der Waals surface area contributed by atoms with Crippen LogP contribution in [0.1, 0.15) is 18.1 Å². The normalized spacial score (nSPS) is 14.3. The molecule has 1 aliphatic rings. The van der Waals surface area contributed by atoms with E-state index < -0.39 is 8.07 Å². The van der Waals surface area contributed by atoms with E-state index >= 15 is 0 Å². The van der Waals surface area contributed by atoms with Crippen molar-refractivity contribution in [3.05, 3.63) is 107 Å². The highest BCUT2D eigenvalue weighted by Crippen LogP contribution is 2.40. The molecule has 1 heteroatoms. The topological polar surface area (TPSA) is 0 Å². The van der Waals surface area contributed by atoms with Crippen LogP contribution >= 0.6 is 0 Å². The van der Waals surface area contributed by atoms with E-state index in [1.807, 2.05) is 0 Å². The first-order chi connectivity index (χ1) is 11.7. The molecule has 0 bridgehead atoms. The maximum absolute atomic E-state index is 2.49.